The number of esters is 1. The zero-order valence-corrected chi connectivity index (χ0v) is 19.1. The maximum atomic E-state index is 13.2. The molecule has 166 valence electrons. The van der Waals surface area contributed by atoms with Gasteiger partial charge in [-0.1, -0.05) is 12.1 Å². The molecule has 1 N–H and O–H groups in total. The number of amides is 1. The van der Waals surface area contributed by atoms with Gasteiger partial charge in [0.1, 0.15) is 0 Å². The van der Waals surface area contributed by atoms with Crippen molar-refractivity contribution in [3.63, 3.8) is 0 Å². The summed E-state index contributed by atoms with van der Waals surface area (Å²) >= 11 is 1.56. The van der Waals surface area contributed by atoms with Crippen LogP contribution in [0.1, 0.15) is 17.9 Å². The van der Waals surface area contributed by atoms with E-state index in [0.717, 1.165) is 16.1 Å². The Labute approximate surface area is 186 Å². The Bertz CT molecular complexity index is 938. The summed E-state index contributed by atoms with van der Waals surface area (Å²) in [6.45, 7) is 0. The number of para-hydroxylation sites is 1. The minimum Gasteiger partial charge on any atom is -0.493 e. The number of hydrogen-bond acceptors (Lipinski definition) is 7. The third-order valence-electron chi connectivity index (χ3n) is 5.65. The SMILES string of the molecule is COC(=O)[C@@H]1C[C@@H](C(=O)Nc2ccccc2SC)[C@H]1c1cc(OC)c(OC)c(OC)c1. The Morgan fingerprint density at radius 1 is 0.968 bits per heavy atom. The van der Waals surface area contributed by atoms with Crippen molar-refractivity contribution in [1.82, 2.24) is 0 Å². The molecule has 0 heterocycles. The van der Waals surface area contributed by atoms with Crippen LogP contribution in [-0.2, 0) is 14.3 Å². The van der Waals surface area contributed by atoms with E-state index in [9.17, 15) is 9.59 Å². The van der Waals surface area contributed by atoms with Crippen LogP contribution in [0.15, 0.2) is 41.3 Å². The molecule has 0 unspecified atom stereocenters. The van der Waals surface area contributed by atoms with Gasteiger partial charge in [-0.3, -0.25) is 9.59 Å². The summed E-state index contributed by atoms with van der Waals surface area (Å²) in [5, 5.41) is 3.02. The third-order valence-corrected chi connectivity index (χ3v) is 6.45. The molecule has 0 saturated heterocycles. The lowest BCUT2D eigenvalue weighted by molar-refractivity contribution is -0.153. The van der Waals surface area contributed by atoms with E-state index < -0.39 is 11.8 Å². The summed E-state index contributed by atoms with van der Waals surface area (Å²) in [6, 6.07) is 11.2. The molecule has 1 amide bonds. The Morgan fingerprint density at radius 3 is 2.16 bits per heavy atom. The minimum absolute atomic E-state index is 0.139. The number of carbonyl (C=O) groups is 2. The van der Waals surface area contributed by atoms with Gasteiger partial charge in [0.25, 0.3) is 0 Å². The van der Waals surface area contributed by atoms with Gasteiger partial charge >= 0.3 is 5.97 Å². The molecule has 2 aromatic rings. The number of rotatable bonds is 8. The van der Waals surface area contributed by atoms with Gasteiger partial charge in [0.15, 0.2) is 11.5 Å². The van der Waals surface area contributed by atoms with Gasteiger partial charge in [-0.05, 0) is 42.5 Å². The first-order chi connectivity index (χ1) is 15.0. The normalized spacial score (nSPS) is 19.7. The van der Waals surface area contributed by atoms with Crippen molar-refractivity contribution in [3.05, 3.63) is 42.0 Å². The Hall–Kier alpha value is -2.87. The third kappa shape index (κ3) is 4.44. The maximum absolute atomic E-state index is 13.2. The van der Waals surface area contributed by atoms with Crippen molar-refractivity contribution >= 4 is 29.3 Å². The fraction of sp³-hybridized carbons (Fsp3) is 0.391. The van der Waals surface area contributed by atoms with Crippen molar-refractivity contribution in [3.8, 4) is 17.2 Å². The molecule has 0 aromatic heterocycles. The van der Waals surface area contributed by atoms with Crippen LogP contribution in [0.4, 0.5) is 5.69 Å². The monoisotopic (exact) mass is 445 g/mol. The van der Waals surface area contributed by atoms with E-state index in [1.165, 1.54) is 28.4 Å². The average molecular weight is 446 g/mol. The zero-order chi connectivity index (χ0) is 22.5. The summed E-state index contributed by atoms with van der Waals surface area (Å²) in [5.41, 5.74) is 1.51. The number of thioether (sulfide) groups is 1. The lowest BCUT2D eigenvalue weighted by Crippen LogP contribution is -2.46. The molecule has 0 bridgehead atoms. The molecule has 3 rings (SSSR count). The molecule has 1 fully saturated rings. The highest BCUT2D eigenvalue weighted by molar-refractivity contribution is 7.98. The number of ether oxygens (including phenoxy) is 4. The average Bonchev–Trinajstić information content (AvgIpc) is 2.77. The van der Waals surface area contributed by atoms with Crippen LogP contribution in [0.5, 0.6) is 17.2 Å². The van der Waals surface area contributed by atoms with Gasteiger partial charge in [-0.15, -0.1) is 11.8 Å². The Morgan fingerprint density at radius 2 is 1.61 bits per heavy atom. The molecule has 2 aromatic carbocycles. The van der Waals surface area contributed by atoms with Gasteiger partial charge in [0, 0.05) is 16.7 Å². The van der Waals surface area contributed by atoms with Crippen LogP contribution in [-0.4, -0.2) is 46.6 Å². The second-order valence-corrected chi connectivity index (χ2v) is 7.99. The fourth-order valence-corrected chi connectivity index (χ4v) is 4.60. The predicted octanol–water partition coefficient (Wildman–Crippen LogP) is 3.97. The van der Waals surface area contributed by atoms with Crippen LogP contribution >= 0.6 is 11.8 Å². The van der Waals surface area contributed by atoms with Gasteiger partial charge < -0.3 is 24.3 Å². The van der Waals surface area contributed by atoms with Crippen molar-refractivity contribution in [2.45, 2.75) is 17.2 Å². The largest absolute Gasteiger partial charge is 0.493 e. The number of carbonyl (C=O) groups excluding carboxylic acids is 2. The molecule has 1 saturated carbocycles. The molecule has 8 heteroatoms. The first-order valence-corrected chi connectivity index (χ1v) is 11.0. The second kappa shape index (κ2) is 9.96. The number of hydrogen-bond donors (Lipinski definition) is 1. The summed E-state index contributed by atoms with van der Waals surface area (Å²) in [6.07, 6.45) is 2.36. The number of anilines is 1. The molecule has 1 aliphatic carbocycles. The molecular weight excluding hydrogens is 418 g/mol. The van der Waals surface area contributed by atoms with Crippen LogP contribution in [0, 0.1) is 11.8 Å². The zero-order valence-electron chi connectivity index (χ0n) is 18.3. The van der Waals surface area contributed by atoms with Gasteiger partial charge in [-0.2, -0.15) is 0 Å². The van der Waals surface area contributed by atoms with Crippen LogP contribution in [0.3, 0.4) is 0 Å². The van der Waals surface area contributed by atoms with Gasteiger partial charge in [0.05, 0.1) is 40.0 Å². The van der Waals surface area contributed by atoms with E-state index in [-0.39, 0.29) is 17.8 Å². The molecule has 1 aliphatic rings. The Kier molecular flexibility index (Phi) is 7.33. The minimum atomic E-state index is -0.431. The summed E-state index contributed by atoms with van der Waals surface area (Å²) < 4.78 is 21.3. The van der Waals surface area contributed by atoms with Crippen molar-refractivity contribution in [2.75, 3.05) is 40.0 Å². The van der Waals surface area contributed by atoms with E-state index in [0.29, 0.717) is 23.7 Å². The molecule has 7 nitrogen and oxygen atoms in total. The molecule has 31 heavy (non-hydrogen) atoms. The van der Waals surface area contributed by atoms with E-state index in [2.05, 4.69) is 5.32 Å². The lowest BCUT2D eigenvalue weighted by atomic mass is 9.61. The van der Waals surface area contributed by atoms with Gasteiger partial charge in [-0.25, -0.2) is 0 Å². The van der Waals surface area contributed by atoms with Crippen molar-refractivity contribution < 1.29 is 28.5 Å². The Balaban J connectivity index is 1.96. The number of methoxy groups -OCH3 is 4. The summed E-state index contributed by atoms with van der Waals surface area (Å²) in [5.74, 6) is -0.285. The molecule has 3 atom stereocenters. The summed E-state index contributed by atoms with van der Waals surface area (Å²) in [7, 11) is 5.95. The van der Waals surface area contributed by atoms with E-state index in [4.69, 9.17) is 18.9 Å². The van der Waals surface area contributed by atoms with E-state index >= 15 is 0 Å². The van der Waals surface area contributed by atoms with Crippen LogP contribution in [0.2, 0.25) is 0 Å². The quantitative estimate of drug-likeness (QED) is 0.486. The smallest absolute Gasteiger partial charge is 0.309 e. The van der Waals surface area contributed by atoms with Gasteiger partial charge in [0.2, 0.25) is 11.7 Å². The second-order valence-electron chi connectivity index (χ2n) is 7.15. The highest BCUT2D eigenvalue weighted by Crippen LogP contribution is 2.52. The van der Waals surface area contributed by atoms with E-state index in [1.54, 1.807) is 23.9 Å². The molecule has 0 spiro atoms. The first kappa shape index (κ1) is 22.8. The topological polar surface area (TPSA) is 83.1 Å². The van der Waals surface area contributed by atoms with Crippen LogP contribution in [0.25, 0.3) is 0 Å². The summed E-state index contributed by atoms with van der Waals surface area (Å²) in [4.78, 5) is 26.5. The standard InChI is InChI=1S/C23H27NO6S/c1-27-17-10-13(11-18(28-2)21(17)29-3)20-14(12-15(20)23(26)30-4)22(25)24-16-8-6-7-9-19(16)31-5/h6-11,14-15,20H,12H2,1-5H3,(H,24,25)/t14-,15-,20-/m1/s1. The maximum Gasteiger partial charge on any atom is 0.309 e. The van der Waals surface area contributed by atoms with Crippen molar-refractivity contribution in [2.24, 2.45) is 11.8 Å². The molecule has 0 aliphatic heterocycles. The van der Waals surface area contributed by atoms with E-state index in [1.807, 2.05) is 30.5 Å². The number of benzene rings is 2. The molecule has 0 radical (unpaired) electrons. The predicted molar refractivity (Wildman–Crippen MR) is 119 cm³/mol. The van der Waals surface area contributed by atoms with Crippen molar-refractivity contribution in [1.29, 1.82) is 0 Å². The van der Waals surface area contributed by atoms with Crippen LogP contribution < -0.4 is 19.5 Å². The first-order valence-electron chi connectivity index (χ1n) is 9.80. The fourth-order valence-electron chi connectivity index (χ4n) is 4.05. The molecular formula is C23H27NO6S. The highest BCUT2D eigenvalue weighted by Gasteiger charge is 2.50. The highest BCUT2D eigenvalue weighted by atomic mass is 32.2. The lowest BCUT2D eigenvalue weighted by Gasteiger charge is -2.42. The number of nitrogens with one attached hydrogen (secondary N) is 1.